The molecule has 2 atom stereocenters. The zero-order chi connectivity index (χ0) is 13.7. The maximum Gasteiger partial charge on any atom is 0.221 e. The van der Waals surface area contributed by atoms with Crippen molar-refractivity contribution in [2.24, 2.45) is 0 Å². The van der Waals surface area contributed by atoms with Gasteiger partial charge in [-0.1, -0.05) is 30.3 Å². The number of rotatable bonds is 1. The first kappa shape index (κ1) is 11.7. The Morgan fingerprint density at radius 3 is 2.85 bits per heavy atom. The number of fused-ring (bicyclic) bond motifs is 7. The lowest BCUT2D eigenvalue weighted by Gasteiger charge is -2.24. The number of anilines is 1. The number of benzene rings is 2. The molecule has 2 bridgehead atoms. The first-order valence-electron chi connectivity index (χ1n) is 6.97. The third-order valence-electron chi connectivity index (χ3n) is 4.25. The molecule has 2 aliphatic rings. The summed E-state index contributed by atoms with van der Waals surface area (Å²) < 4.78 is 0. The molecule has 2 aromatic rings. The SMILES string of the molecule is CC(=O)Nc1ccc2c(c1)C1Cc3ccccc3C2N1. The quantitative estimate of drug-likeness (QED) is 0.831. The maximum atomic E-state index is 11.2. The Bertz CT molecular complexity index is 708. The Hall–Kier alpha value is -2.13. The monoisotopic (exact) mass is 264 g/mol. The average molecular weight is 264 g/mol. The highest BCUT2D eigenvalue weighted by atomic mass is 16.1. The van der Waals surface area contributed by atoms with Gasteiger partial charge in [0.2, 0.25) is 5.91 Å². The minimum absolute atomic E-state index is 0.0258. The molecule has 0 saturated carbocycles. The van der Waals surface area contributed by atoms with Gasteiger partial charge in [-0.25, -0.2) is 0 Å². The molecule has 2 unspecified atom stereocenters. The topological polar surface area (TPSA) is 41.1 Å². The third-order valence-corrected chi connectivity index (χ3v) is 4.25. The van der Waals surface area contributed by atoms with E-state index in [0.717, 1.165) is 12.1 Å². The summed E-state index contributed by atoms with van der Waals surface area (Å²) in [7, 11) is 0. The zero-order valence-corrected chi connectivity index (χ0v) is 11.3. The number of nitrogens with one attached hydrogen (secondary N) is 2. The molecule has 2 aromatic carbocycles. The van der Waals surface area contributed by atoms with Crippen LogP contribution < -0.4 is 10.6 Å². The standard InChI is InChI=1S/C17H16N2O/c1-10(20)18-12-6-7-14-15(9-12)16-8-11-4-2-3-5-13(11)17(14)19-16/h2-7,9,16-17,19H,8H2,1H3,(H,18,20). The minimum atomic E-state index is -0.0258. The Balaban J connectivity index is 1.80. The highest BCUT2D eigenvalue weighted by Crippen LogP contribution is 2.44. The molecule has 3 nitrogen and oxygen atoms in total. The molecule has 1 amide bonds. The summed E-state index contributed by atoms with van der Waals surface area (Å²) in [6.07, 6.45) is 1.02. The van der Waals surface area contributed by atoms with Crippen molar-refractivity contribution in [3.8, 4) is 0 Å². The summed E-state index contributed by atoms with van der Waals surface area (Å²) >= 11 is 0. The second-order valence-electron chi connectivity index (χ2n) is 5.58. The molecule has 2 N–H and O–H groups in total. The molecule has 0 spiro atoms. The lowest BCUT2D eigenvalue weighted by atomic mass is 9.94. The van der Waals surface area contributed by atoms with Gasteiger partial charge in [0, 0.05) is 18.7 Å². The van der Waals surface area contributed by atoms with Crippen LogP contribution in [0.5, 0.6) is 0 Å². The van der Waals surface area contributed by atoms with Gasteiger partial charge in [0.15, 0.2) is 0 Å². The van der Waals surface area contributed by atoms with E-state index >= 15 is 0 Å². The van der Waals surface area contributed by atoms with E-state index in [4.69, 9.17) is 0 Å². The van der Waals surface area contributed by atoms with Crippen molar-refractivity contribution in [3.63, 3.8) is 0 Å². The van der Waals surface area contributed by atoms with E-state index in [0.29, 0.717) is 12.1 Å². The number of hydrogen-bond donors (Lipinski definition) is 2. The van der Waals surface area contributed by atoms with Crippen molar-refractivity contribution in [1.29, 1.82) is 0 Å². The van der Waals surface area contributed by atoms with Gasteiger partial charge in [0.05, 0.1) is 6.04 Å². The molecule has 0 radical (unpaired) electrons. The summed E-state index contributed by atoms with van der Waals surface area (Å²) in [6.45, 7) is 1.54. The second kappa shape index (κ2) is 4.18. The van der Waals surface area contributed by atoms with Gasteiger partial charge in [0.25, 0.3) is 0 Å². The van der Waals surface area contributed by atoms with Crippen molar-refractivity contribution in [1.82, 2.24) is 5.32 Å². The first-order chi connectivity index (χ1) is 9.72. The van der Waals surface area contributed by atoms with E-state index in [1.165, 1.54) is 22.3 Å². The summed E-state index contributed by atoms with van der Waals surface area (Å²) in [5, 5.41) is 6.55. The highest BCUT2D eigenvalue weighted by molar-refractivity contribution is 5.88. The fourth-order valence-electron chi connectivity index (χ4n) is 3.45. The zero-order valence-electron chi connectivity index (χ0n) is 11.3. The third kappa shape index (κ3) is 1.67. The Labute approximate surface area is 118 Å². The average Bonchev–Trinajstić information content (AvgIpc) is 2.72. The van der Waals surface area contributed by atoms with E-state index in [2.05, 4.69) is 47.0 Å². The lowest BCUT2D eigenvalue weighted by molar-refractivity contribution is -0.114. The van der Waals surface area contributed by atoms with E-state index in [1.54, 1.807) is 6.92 Å². The molecular weight excluding hydrogens is 248 g/mol. The summed E-state index contributed by atoms with van der Waals surface area (Å²) in [5.41, 5.74) is 6.36. The molecule has 0 fully saturated rings. The predicted molar refractivity (Wildman–Crippen MR) is 78.6 cm³/mol. The largest absolute Gasteiger partial charge is 0.326 e. The summed E-state index contributed by atoms with van der Waals surface area (Å²) in [6, 6.07) is 15.5. The molecule has 3 heteroatoms. The van der Waals surface area contributed by atoms with Crippen LogP contribution in [0, 0.1) is 0 Å². The van der Waals surface area contributed by atoms with Crippen LogP contribution in [0.2, 0.25) is 0 Å². The van der Waals surface area contributed by atoms with Crippen LogP contribution in [0.3, 0.4) is 0 Å². The van der Waals surface area contributed by atoms with Crippen molar-refractivity contribution in [3.05, 3.63) is 64.7 Å². The summed E-state index contributed by atoms with van der Waals surface area (Å²) in [4.78, 5) is 11.2. The van der Waals surface area contributed by atoms with Crippen molar-refractivity contribution < 1.29 is 4.79 Å². The lowest BCUT2D eigenvalue weighted by Crippen LogP contribution is -2.26. The maximum absolute atomic E-state index is 11.2. The number of hydrogen-bond acceptors (Lipinski definition) is 2. The van der Waals surface area contributed by atoms with Crippen LogP contribution in [0.4, 0.5) is 5.69 Å². The summed E-state index contributed by atoms with van der Waals surface area (Å²) in [5.74, 6) is -0.0258. The van der Waals surface area contributed by atoms with Gasteiger partial charge < -0.3 is 5.32 Å². The molecule has 4 rings (SSSR count). The number of carbonyl (C=O) groups excluding carboxylic acids is 1. The molecule has 2 aliphatic heterocycles. The van der Waals surface area contributed by atoms with Gasteiger partial charge in [0.1, 0.15) is 0 Å². The van der Waals surface area contributed by atoms with Gasteiger partial charge >= 0.3 is 0 Å². The fourth-order valence-corrected chi connectivity index (χ4v) is 3.45. The molecule has 0 saturated heterocycles. The first-order valence-corrected chi connectivity index (χ1v) is 6.97. The van der Waals surface area contributed by atoms with Crippen LogP contribution in [0.25, 0.3) is 0 Å². The predicted octanol–water partition coefficient (Wildman–Crippen LogP) is 2.93. The Morgan fingerprint density at radius 1 is 1.15 bits per heavy atom. The number of amides is 1. The van der Waals surface area contributed by atoms with E-state index in [-0.39, 0.29) is 5.91 Å². The second-order valence-corrected chi connectivity index (χ2v) is 5.58. The van der Waals surface area contributed by atoms with Crippen molar-refractivity contribution in [2.45, 2.75) is 25.4 Å². The van der Waals surface area contributed by atoms with E-state index in [9.17, 15) is 4.79 Å². The molecule has 0 aromatic heterocycles. The van der Waals surface area contributed by atoms with Crippen LogP contribution in [-0.2, 0) is 11.2 Å². The van der Waals surface area contributed by atoms with Crippen LogP contribution >= 0.6 is 0 Å². The fraction of sp³-hybridized carbons (Fsp3) is 0.235. The van der Waals surface area contributed by atoms with Crippen LogP contribution in [0.15, 0.2) is 42.5 Å². The molecule has 100 valence electrons. The van der Waals surface area contributed by atoms with E-state index < -0.39 is 0 Å². The molecule has 2 heterocycles. The molecular formula is C17H16N2O. The highest BCUT2D eigenvalue weighted by Gasteiger charge is 2.36. The van der Waals surface area contributed by atoms with Crippen molar-refractivity contribution >= 4 is 11.6 Å². The van der Waals surface area contributed by atoms with Gasteiger partial charge in [-0.2, -0.15) is 0 Å². The van der Waals surface area contributed by atoms with Gasteiger partial charge in [-0.3, -0.25) is 10.1 Å². The number of carbonyl (C=O) groups is 1. The Kier molecular flexibility index (Phi) is 2.44. The van der Waals surface area contributed by atoms with Gasteiger partial charge in [-0.05, 0) is 40.8 Å². The van der Waals surface area contributed by atoms with Crippen molar-refractivity contribution in [2.75, 3.05) is 5.32 Å². The normalized spacial score (nSPS) is 22.1. The van der Waals surface area contributed by atoms with E-state index in [1.807, 2.05) is 6.07 Å². The molecule has 20 heavy (non-hydrogen) atoms. The Morgan fingerprint density at radius 2 is 2.00 bits per heavy atom. The van der Waals surface area contributed by atoms with Crippen LogP contribution in [0.1, 0.15) is 41.3 Å². The minimum Gasteiger partial charge on any atom is -0.326 e. The molecule has 0 aliphatic carbocycles. The van der Waals surface area contributed by atoms with Gasteiger partial charge in [-0.15, -0.1) is 0 Å². The smallest absolute Gasteiger partial charge is 0.221 e. The van der Waals surface area contributed by atoms with Crippen LogP contribution in [-0.4, -0.2) is 5.91 Å².